The second-order valence-corrected chi connectivity index (χ2v) is 7.06. The Labute approximate surface area is 181 Å². The highest BCUT2D eigenvalue weighted by Crippen LogP contribution is 2.32. The van der Waals surface area contributed by atoms with Crippen LogP contribution in [0.15, 0.2) is 62.6 Å². The van der Waals surface area contributed by atoms with Gasteiger partial charge >= 0.3 is 11.9 Å². The van der Waals surface area contributed by atoms with Crippen LogP contribution < -0.4 is 20.7 Å². The number of alkyl halides is 3. The second kappa shape index (κ2) is 8.80. The van der Waals surface area contributed by atoms with Crippen LogP contribution in [-0.4, -0.2) is 22.0 Å². The van der Waals surface area contributed by atoms with Crippen molar-refractivity contribution in [2.45, 2.75) is 6.18 Å². The van der Waals surface area contributed by atoms with Crippen molar-refractivity contribution in [2.24, 2.45) is 7.05 Å². The lowest BCUT2D eigenvalue weighted by atomic mass is 10.2. The minimum atomic E-state index is -4.85. The molecule has 1 aromatic heterocycles. The van der Waals surface area contributed by atoms with Crippen molar-refractivity contribution in [2.75, 3.05) is 6.61 Å². The zero-order valence-corrected chi connectivity index (χ0v) is 17.4. The summed E-state index contributed by atoms with van der Waals surface area (Å²) in [4.78, 5) is 35.1. The lowest BCUT2D eigenvalue weighted by Gasteiger charge is -2.15. The number of hydrogen-bond donors (Lipinski definition) is 0. The van der Waals surface area contributed by atoms with Gasteiger partial charge in [0.25, 0.3) is 5.56 Å². The molecule has 31 heavy (non-hydrogen) atoms. The van der Waals surface area contributed by atoms with Crippen molar-refractivity contribution in [3.63, 3.8) is 0 Å². The normalized spacial score (nSPS) is 11.3. The van der Waals surface area contributed by atoms with Crippen LogP contribution in [0.25, 0.3) is 5.69 Å². The Morgan fingerprint density at radius 3 is 2.29 bits per heavy atom. The minimum Gasteiger partial charge on any atom is -0.486 e. The van der Waals surface area contributed by atoms with E-state index in [1.54, 1.807) is 24.3 Å². The number of carbonyl (C=O) groups excluding carboxylic acids is 1. The summed E-state index contributed by atoms with van der Waals surface area (Å²) in [7, 11) is 0.936. The first-order chi connectivity index (χ1) is 14.6. The number of hydrogen-bond acceptors (Lipinski definition) is 5. The van der Waals surface area contributed by atoms with Crippen molar-refractivity contribution in [1.82, 2.24) is 9.13 Å². The molecule has 0 aliphatic carbocycles. The molecule has 0 spiro atoms. The molecular formula is C20H14BrF3N2O5. The zero-order chi connectivity index (χ0) is 22.8. The molecule has 0 fully saturated rings. The fraction of sp³-hybridized carbons (Fsp3) is 0.150. The Kier molecular flexibility index (Phi) is 6.34. The van der Waals surface area contributed by atoms with Crippen LogP contribution in [0, 0.1) is 0 Å². The topological polar surface area (TPSA) is 79.5 Å². The van der Waals surface area contributed by atoms with Crippen LogP contribution in [0.4, 0.5) is 13.2 Å². The first-order valence-corrected chi connectivity index (χ1v) is 9.45. The Morgan fingerprint density at radius 1 is 1.03 bits per heavy atom. The van der Waals surface area contributed by atoms with Crippen LogP contribution in [0.1, 0.15) is 5.69 Å². The van der Waals surface area contributed by atoms with E-state index in [-0.39, 0.29) is 18.0 Å². The highest BCUT2D eigenvalue weighted by atomic mass is 79.9. The lowest BCUT2D eigenvalue weighted by Crippen LogP contribution is -2.40. The molecule has 0 unspecified atom stereocenters. The third kappa shape index (κ3) is 4.88. The van der Waals surface area contributed by atoms with Crippen molar-refractivity contribution in [3.05, 3.63) is 79.5 Å². The number of aromatic nitrogens is 2. The Morgan fingerprint density at radius 2 is 1.68 bits per heavy atom. The lowest BCUT2D eigenvalue weighted by molar-refractivity contribution is -0.144. The molecule has 0 radical (unpaired) electrons. The molecule has 0 N–H and O–H groups in total. The molecule has 3 rings (SSSR count). The number of rotatable bonds is 6. The van der Waals surface area contributed by atoms with Crippen molar-refractivity contribution in [3.8, 4) is 22.9 Å². The average Bonchev–Trinajstić information content (AvgIpc) is 2.71. The highest BCUT2D eigenvalue weighted by Gasteiger charge is 2.35. The Balaban J connectivity index is 1.98. The second-order valence-electron chi connectivity index (χ2n) is 6.21. The summed E-state index contributed by atoms with van der Waals surface area (Å²) >= 11 is 3.29. The van der Waals surface area contributed by atoms with Crippen LogP contribution >= 0.6 is 15.9 Å². The van der Waals surface area contributed by atoms with E-state index >= 15 is 0 Å². The molecule has 0 atom stereocenters. The van der Waals surface area contributed by atoms with E-state index in [0.29, 0.717) is 37.5 Å². The van der Waals surface area contributed by atoms with Gasteiger partial charge in [0.2, 0.25) is 0 Å². The molecule has 3 aromatic rings. The maximum absolute atomic E-state index is 13.0. The molecule has 2 aromatic carbocycles. The van der Waals surface area contributed by atoms with Crippen LogP contribution in [0.2, 0.25) is 0 Å². The number of ether oxygens (including phenoxy) is 2. The number of aldehydes is 1. The van der Waals surface area contributed by atoms with E-state index in [1.165, 1.54) is 18.2 Å². The van der Waals surface area contributed by atoms with E-state index in [1.807, 2.05) is 0 Å². The van der Waals surface area contributed by atoms with Crippen LogP contribution in [-0.2, 0) is 18.0 Å². The summed E-state index contributed by atoms with van der Waals surface area (Å²) in [5.74, 6) is 1.05. The quantitative estimate of drug-likeness (QED) is 0.484. The average molecular weight is 499 g/mol. The summed E-state index contributed by atoms with van der Waals surface area (Å²) in [5, 5.41) is 0. The first kappa shape index (κ1) is 22.3. The van der Waals surface area contributed by atoms with Gasteiger partial charge in [-0.1, -0.05) is 0 Å². The molecule has 7 nitrogen and oxygen atoms in total. The molecule has 0 saturated carbocycles. The molecule has 0 amide bonds. The fourth-order valence-electron chi connectivity index (χ4n) is 2.71. The van der Waals surface area contributed by atoms with Gasteiger partial charge in [-0.15, -0.1) is 0 Å². The predicted octanol–water partition coefficient (Wildman–Crippen LogP) is 3.69. The third-order valence-electron chi connectivity index (χ3n) is 4.15. The molecule has 0 aliphatic rings. The summed E-state index contributed by atoms with van der Waals surface area (Å²) < 4.78 is 51.5. The molecular weight excluding hydrogens is 485 g/mol. The highest BCUT2D eigenvalue weighted by molar-refractivity contribution is 9.10. The van der Waals surface area contributed by atoms with Gasteiger partial charge in [-0.05, 0) is 52.3 Å². The molecule has 0 aliphatic heterocycles. The zero-order valence-electron chi connectivity index (χ0n) is 15.9. The van der Waals surface area contributed by atoms with E-state index in [9.17, 15) is 27.6 Å². The smallest absolute Gasteiger partial charge is 0.431 e. The molecule has 1 heterocycles. The maximum Gasteiger partial charge on any atom is 0.431 e. The number of carbonyl (C=O) groups is 1. The number of benzene rings is 2. The molecule has 0 saturated heterocycles. The summed E-state index contributed by atoms with van der Waals surface area (Å²) in [6.45, 7) is -0.0926. The Hall–Kier alpha value is -3.34. The third-order valence-corrected chi connectivity index (χ3v) is 4.81. The molecule has 0 bridgehead atoms. The van der Waals surface area contributed by atoms with E-state index < -0.39 is 23.1 Å². The van der Waals surface area contributed by atoms with Gasteiger partial charge in [0, 0.05) is 19.2 Å². The Bertz CT molecular complexity index is 1230. The van der Waals surface area contributed by atoms with Gasteiger partial charge in [0.05, 0.1) is 10.2 Å². The predicted molar refractivity (Wildman–Crippen MR) is 108 cm³/mol. The standard InChI is InChI=1S/C20H14BrF3N2O5/c1-25-17(20(22,23)24)11-18(28)26(19(25)29)12-2-7-15(21)16(10-12)31-14-5-3-13(4-6-14)30-9-8-27/h2-8,10-11H,9H2,1H3. The summed E-state index contributed by atoms with van der Waals surface area (Å²) in [6.07, 6.45) is -4.23. The van der Waals surface area contributed by atoms with Crippen LogP contribution in [0.5, 0.6) is 17.2 Å². The van der Waals surface area contributed by atoms with Crippen molar-refractivity contribution in [1.29, 1.82) is 0 Å². The molecule has 11 heteroatoms. The van der Waals surface area contributed by atoms with E-state index in [0.717, 1.165) is 7.05 Å². The van der Waals surface area contributed by atoms with Gasteiger partial charge < -0.3 is 9.47 Å². The SMILES string of the molecule is Cn1c(C(F)(F)F)cc(=O)n(-c2ccc(Br)c(Oc3ccc(OCC=O)cc3)c2)c1=O. The van der Waals surface area contributed by atoms with Crippen LogP contribution in [0.3, 0.4) is 0 Å². The van der Waals surface area contributed by atoms with Crippen molar-refractivity contribution < 1.29 is 27.4 Å². The maximum atomic E-state index is 13.0. The van der Waals surface area contributed by atoms with Crippen molar-refractivity contribution >= 4 is 22.2 Å². The van der Waals surface area contributed by atoms with Gasteiger partial charge in [0.15, 0.2) is 6.29 Å². The van der Waals surface area contributed by atoms with E-state index in [4.69, 9.17) is 9.47 Å². The number of nitrogens with zero attached hydrogens (tertiary/aromatic N) is 2. The van der Waals surface area contributed by atoms with Gasteiger partial charge in [-0.2, -0.15) is 13.2 Å². The van der Waals surface area contributed by atoms with Gasteiger partial charge in [-0.25, -0.2) is 9.36 Å². The first-order valence-electron chi connectivity index (χ1n) is 8.66. The van der Waals surface area contributed by atoms with Gasteiger partial charge in [0.1, 0.15) is 29.5 Å². The monoisotopic (exact) mass is 498 g/mol. The fourth-order valence-corrected chi connectivity index (χ4v) is 3.03. The minimum absolute atomic E-state index is 0.0310. The summed E-state index contributed by atoms with van der Waals surface area (Å²) in [6, 6.07) is 10.9. The largest absolute Gasteiger partial charge is 0.486 e. The summed E-state index contributed by atoms with van der Waals surface area (Å²) in [5.41, 5.74) is -3.59. The van der Waals surface area contributed by atoms with Gasteiger partial charge in [-0.3, -0.25) is 14.2 Å². The van der Waals surface area contributed by atoms with E-state index in [2.05, 4.69) is 15.9 Å². The molecule has 162 valence electrons. The number of halogens is 4.